The van der Waals surface area contributed by atoms with Gasteiger partial charge in [0, 0.05) is 7.11 Å². The van der Waals surface area contributed by atoms with Crippen molar-refractivity contribution in [1.29, 1.82) is 0 Å². The average molecular weight is 206 g/mol. The minimum absolute atomic E-state index is 0.248. The second-order valence-electron chi connectivity index (χ2n) is 4.19. The molecule has 1 aromatic carbocycles. The maximum absolute atomic E-state index is 5.60. The molecule has 0 aliphatic carbocycles. The standard InChI is InChI=1S/C14H22O/c1-4-5-9-12(2)14(15-3)13-10-7-6-8-11-13/h6-8,10-12,14H,4-5,9H2,1-3H3. The zero-order chi connectivity index (χ0) is 11.1. The predicted molar refractivity (Wildman–Crippen MR) is 64.9 cm³/mol. The Labute approximate surface area is 93.5 Å². The first-order valence-corrected chi connectivity index (χ1v) is 5.87. The zero-order valence-electron chi connectivity index (χ0n) is 10.1. The number of hydrogen-bond donors (Lipinski definition) is 0. The lowest BCUT2D eigenvalue weighted by molar-refractivity contribution is 0.0538. The summed E-state index contributed by atoms with van der Waals surface area (Å²) in [7, 11) is 1.81. The Morgan fingerprint density at radius 3 is 2.40 bits per heavy atom. The Bertz CT molecular complexity index is 255. The van der Waals surface area contributed by atoms with E-state index in [4.69, 9.17) is 4.74 Å². The molecule has 84 valence electrons. The quantitative estimate of drug-likeness (QED) is 0.677. The SMILES string of the molecule is CCCCC(C)C(OC)c1ccccc1. The minimum atomic E-state index is 0.248. The van der Waals surface area contributed by atoms with E-state index < -0.39 is 0 Å². The van der Waals surface area contributed by atoms with E-state index >= 15 is 0 Å². The van der Waals surface area contributed by atoms with Crippen LogP contribution in [0.1, 0.15) is 44.8 Å². The maximum atomic E-state index is 5.60. The summed E-state index contributed by atoms with van der Waals surface area (Å²) in [4.78, 5) is 0. The van der Waals surface area contributed by atoms with Gasteiger partial charge in [-0.25, -0.2) is 0 Å². The third-order valence-electron chi connectivity index (χ3n) is 2.91. The number of rotatable bonds is 6. The van der Waals surface area contributed by atoms with Crippen LogP contribution in [0.3, 0.4) is 0 Å². The largest absolute Gasteiger partial charge is 0.376 e. The summed E-state index contributed by atoms with van der Waals surface area (Å²) in [6, 6.07) is 10.5. The van der Waals surface area contributed by atoms with E-state index in [0.717, 1.165) is 0 Å². The molecule has 2 atom stereocenters. The molecule has 0 N–H and O–H groups in total. The van der Waals surface area contributed by atoms with E-state index in [1.54, 1.807) is 7.11 Å². The fourth-order valence-corrected chi connectivity index (χ4v) is 2.02. The van der Waals surface area contributed by atoms with Gasteiger partial charge in [-0.15, -0.1) is 0 Å². The number of methoxy groups -OCH3 is 1. The van der Waals surface area contributed by atoms with Gasteiger partial charge in [-0.3, -0.25) is 0 Å². The Kier molecular flexibility index (Phi) is 5.41. The molecule has 0 fully saturated rings. The molecule has 0 aliphatic rings. The predicted octanol–water partition coefficient (Wildman–Crippen LogP) is 4.20. The molecule has 0 saturated heterocycles. The van der Waals surface area contributed by atoms with Gasteiger partial charge in [-0.05, 0) is 17.9 Å². The van der Waals surface area contributed by atoms with E-state index in [0.29, 0.717) is 5.92 Å². The van der Waals surface area contributed by atoms with Crippen LogP contribution in [0.25, 0.3) is 0 Å². The monoisotopic (exact) mass is 206 g/mol. The van der Waals surface area contributed by atoms with Crippen molar-refractivity contribution in [2.75, 3.05) is 7.11 Å². The summed E-state index contributed by atoms with van der Waals surface area (Å²) in [5.74, 6) is 0.595. The molecule has 2 unspecified atom stereocenters. The molecule has 0 aromatic heterocycles. The second-order valence-corrected chi connectivity index (χ2v) is 4.19. The van der Waals surface area contributed by atoms with Crippen molar-refractivity contribution < 1.29 is 4.74 Å². The molecule has 0 radical (unpaired) electrons. The van der Waals surface area contributed by atoms with Crippen molar-refractivity contribution in [3.63, 3.8) is 0 Å². The van der Waals surface area contributed by atoms with Crippen molar-refractivity contribution in [3.05, 3.63) is 35.9 Å². The molecular weight excluding hydrogens is 184 g/mol. The highest BCUT2D eigenvalue weighted by molar-refractivity contribution is 5.18. The number of hydrogen-bond acceptors (Lipinski definition) is 1. The van der Waals surface area contributed by atoms with Gasteiger partial charge in [0.25, 0.3) is 0 Å². The molecule has 0 bridgehead atoms. The molecule has 0 amide bonds. The fourth-order valence-electron chi connectivity index (χ4n) is 2.02. The van der Waals surface area contributed by atoms with Crippen molar-refractivity contribution in [2.45, 2.75) is 39.2 Å². The van der Waals surface area contributed by atoms with Gasteiger partial charge in [0.2, 0.25) is 0 Å². The molecule has 0 spiro atoms. The van der Waals surface area contributed by atoms with Crippen molar-refractivity contribution in [2.24, 2.45) is 5.92 Å². The summed E-state index contributed by atoms with van der Waals surface area (Å²) in [6.07, 6.45) is 4.03. The van der Waals surface area contributed by atoms with E-state index in [2.05, 4.69) is 38.1 Å². The first-order valence-electron chi connectivity index (χ1n) is 5.87. The van der Waals surface area contributed by atoms with Crippen LogP contribution in [0.4, 0.5) is 0 Å². The van der Waals surface area contributed by atoms with Crippen molar-refractivity contribution >= 4 is 0 Å². The Morgan fingerprint density at radius 1 is 1.20 bits per heavy atom. The van der Waals surface area contributed by atoms with Gasteiger partial charge in [-0.2, -0.15) is 0 Å². The molecule has 1 aromatic rings. The van der Waals surface area contributed by atoms with Crippen LogP contribution in [-0.4, -0.2) is 7.11 Å². The van der Waals surface area contributed by atoms with Gasteiger partial charge < -0.3 is 4.74 Å². The summed E-state index contributed by atoms with van der Waals surface area (Å²) in [6.45, 7) is 4.51. The zero-order valence-corrected chi connectivity index (χ0v) is 10.1. The summed E-state index contributed by atoms with van der Waals surface area (Å²) in [5, 5.41) is 0. The van der Waals surface area contributed by atoms with E-state index in [9.17, 15) is 0 Å². The topological polar surface area (TPSA) is 9.23 Å². The van der Waals surface area contributed by atoms with Gasteiger partial charge in [-0.1, -0.05) is 57.0 Å². The highest BCUT2D eigenvalue weighted by Crippen LogP contribution is 2.28. The number of unbranched alkanes of at least 4 members (excludes halogenated alkanes) is 1. The molecule has 1 rings (SSSR count). The Balaban J connectivity index is 2.63. The van der Waals surface area contributed by atoms with Crippen LogP contribution in [0.15, 0.2) is 30.3 Å². The van der Waals surface area contributed by atoms with Gasteiger partial charge in [0.15, 0.2) is 0 Å². The van der Waals surface area contributed by atoms with E-state index in [1.807, 2.05) is 6.07 Å². The van der Waals surface area contributed by atoms with Crippen LogP contribution in [-0.2, 0) is 4.74 Å². The third-order valence-corrected chi connectivity index (χ3v) is 2.91. The van der Waals surface area contributed by atoms with Gasteiger partial charge in [0.05, 0.1) is 6.10 Å². The maximum Gasteiger partial charge on any atom is 0.0846 e. The van der Waals surface area contributed by atoms with Crippen LogP contribution in [0.2, 0.25) is 0 Å². The lowest BCUT2D eigenvalue weighted by Gasteiger charge is -2.22. The highest BCUT2D eigenvalue weighted by Gasteiger charge is 2.17. The molecule has 0 aliphatic heterocycles. The molecule has 1 nitrogen and oxygen atoms in total. The Hall–Kier alpha value is -0.820. The van der Waals surface area contributed by atoms with Crippen LogP contribution in [0, 0.1) is 5.92 Å². The first kappa shape index (κ1) is 12.3. The molecule has 0 heterocycles. The minimum Gasteiger partial charge on any atom is -0.376 e. The molecule has 15 heavy (non-hydrogen) atoms. The molecule has 0 saturated carbocycles. The molecule has 1 heteroatoms. The first-order chi connectivity index (χ1) is 7.29. The smallest absolute Gasteiger partial charge is 0.0846 e. The normalized spacial score (nSPS) is 14.9. The fraction of sp³-hybridized carbons (Fsp3) is 0.571. The van der Waals surface area contributed by atoms with Crippen molar-refractivity contribution in [3.8, 4) is 0 Å². The third kappa shape index (κ3) is 3.67. The van der Waals surface area contributed by atoms with Crippen LogP contribution >= 0.6 is 0 Å². The number of ether oxygens (including phenoxy) is 1. The van der Waals surface area contributed by atoms with Crippen molar-refractivity contribution in [1.82, 2.24) is 0 Å². The second kappa shape index (κ2) is 6.62. The summed E-state index contributed by atoms with van der Waals surface area (Å²) < 4.78 is 5.60. The van der Waals surface area contributed by atoms with Gasteiger partial charge in [0.1, 0.15) is 0 Å². The number of benzene rings is 1. The molecular formula is C14H22O. The van der Waals surface area contributed by atoms with Crippen LogP contribution < -0.4 is 0 Å². The summed E-state index contributed by atoms with van der Waals surface area (Å²) >= 11 is 0. The lowest BCUT2D eigenvalue weighted by Crippen LogP contribution is -2.11. The summed E-state index contributed by atoms with van der Waals surface area (Å²) in [5.41, 5.74) is 1.30. The average Bonchev–Trinajstić information content (AvgIpc) is 2.29. The Morgan fingerprint density at radius 2 is 1.87 bits per heavy atom. The lowest BCUT2D eigenvalue weighted by atomic mass is 9.93. The van der Waals surface area contributed by atoms with Crippen LogP contribution in [0.5, 0.6) is 0 Å². The van der Waals surface area contributed by atoms with Gasteiger partial charge >= 0.3 is 0 Å². The highest BCUT2D eigenvalue weighted by atomic mass is 16.5. The van der Waals surface area contributed by atoms with E-state index in [1.165, 1.54) is 24.8 Å². The van der Waals surface area contributed by atoms with E-state index in [-0.39, 0.29) is 6.10 Å².